The minimum absolute atomic E-state index is 0. The second kappa shape index (κ2) is 6.54. The van der Waals surface area contributed by atoms with Crippen molar-refractivity contribution in [1.82, 2.24) is 6.15 Å². The fraction of sp³-hybridized carbons (Fsp3) is 1.00. The molecule has 4 N–H and O–H groups in total. The van der Waals surface area contributed by atoms with E-state index in [9.17, 15) is 14.4 Å². The van der Waals surface area contributed by atoms with Crippen LogP contribution in [-0.2, 0) is 9.09 Å². The number of hydrogen-bond donors (Lipinski definition) is 1. The molecule has 0 fully saturated rings. The van der Waals surface area contributed by atoms with Gasteiger partial charge in [0, 0.05) is 10.2 Å². The molecule has 0 aliphatic carbocycles. The Bertz CT molecular complexity index is 139. The number of phosphoric ester groups is 1. The summed E-state index contributed by atoms with van der Waals surface area (Å²) in [5.74, 6) is 0. The van der Waals surface area contributed by atoms with Crippen molar-refractivity contribution in [3.63, 3.8) is 0 Å². The number of halogens is 2. The van der Waals surface area contributed by atoms with Crippen molar-refractivity contribution in [2.45, 2.75) is 4.83 Å². The first-order chi connectivity index (χ1) is 4.45. The number of quaternary nitrogens is 1. The summed E-state index contributed by atoms with van der Waals surface area (Å²) < 4.78 is 13.8. The van der Waals surface area contributed by atoms with Gasteiger partial charge in [-0.1, -0.05) is 31.9 Å². The standard InChI is InChI=1S/C3H7Br2O4P.H3N/c4-1-3(5)2-9-10(6,7)8;/h3H,1-2H2,(H2,6,7,8);1H3/p-1. The lowest BCUT2D eigenvalue weighted by Gasteiger charge is -2.29. The first-order valence-corrected chi connectivity index (χ1v) is 5.82. The average molecular weight is 314 g/mol. The zero-order chi connectivity index (χ0) is 8.20. The van der Waals surface area contributed by atoms with E-state index in [4.69, 9.17) is 0 Å². The molecular weight excluding hydrogens is 305 g/mol. The second-order valence-corrected chi connectivity index (χ2v) is 4.59. The molecule has 1 unspecified atom stereocenters. The maximum atomic E-state index is 9.87. The molecule has 0 saturated carbocycles. The molecule has 0 saturated heterocycles. The summed E-state index contributed by atoms with van der Waals surface area (Å²) >= 11 is 6.12. The molecule has 0 heterocycles. The molecule has 11 heavy (non-hydrogen) atoms. The Morgan fingerprint density at radius 1 is 1.55 bits per heavy atom. The van der Waals surface area contributed by atoms with E-state index in [-0.39, 0.29) is 17.6 Å². The highest BCUT2D eigenvalue weighted by atomic mass is 79.9. The van der Waals surface area contributed by atoms with Gasteiger partial charge in [0.25, 0.3) is 0 Å². The van der Waals surface area contributed by atoms with Crippen LogP contribution in [0.25, 0.3) is 0 Å². The van der Waals surface area contributed by atoms with Gasteiger partial charge in [-0.25, -0.2) is 0 Å². The molecule has 0 amide bonds. The molecular formula is C3H9Br2NO4P-. The summed E-state index contributed by atoms with van der Waals surface area (Å²) in [7, 11) is -4.78. The topological polar surface area (TPSA) is 109 Å². The molecule has 0 bridgehead atoms. The minimum Gasteiger partial charge on any atom is -0.790 e. The highest BCUT2D eigenvalue weighted by molar-refractivity contribution is 9.12. The predicted molar refractivity (Wildman–Crippen MR) is 46.1 cm³/mol. The van der Waals surface area contributed by atoms with Gasteiger partial charge < -0.3 is 25.0 Å². The van der Waals surface area contributed by atoms with Crippen molar-refractivity contribution >= 4 is 39.7 Å². The van der Waals surface area contributed by atoms with Gasteiger partial charge in [-0.05, 0) is 0 Å². The van der Waals surface area contributed by atoms with Gasteiger partial charge >= 0.3 is 0 Å². The van der Waals surface area contributed by atoms with Crippen LogP contribution in [0.4, 0.5) is 0 Å². The zero-order valence-electron chi connectivity index (χ0n) is 5.83. The predicted octanol–water partition coefficient (Wildman–Crippen LogP) is 0.366. The number of rotatable bonds is 4. The quantitative estimate of drug-likeness (QED) is 0.597. The number of alkyl halides is 2. The SMILES string of the molecule is O=P([O-])([O-])OCC(Br)CBr.[NH4+]. The maximum absolute atomic E-state index is 9.87. The Kier molecular flexibility index (Phi) is 8.64. The molecule has 1 atom stereocenters. The lowest BCUT2D eigenvalue weighted by molar-refractivity contribution is -0.341. The fourth-order valence-electron chi connectivity index (χ4n) is 0.217. The minimum atomic E-state index is -4.78. The van der Waals surface area contributed by atoms with Crippen LogP contribution in [0.5, 0.6) is 0 Å². The Labute approximate surface area is 81.6 Å². The molecule has 0 radical (unpaired) electrons. The molecule has 0 aliphatic heterocycles. The van der Waals surface area contributed by atoms with E-state index in [1.807, 2.05) is 0 Å². The second-order valence-electron chi connectivity index (χ2n) is 1.49. The Morgan fingerprint density at radius 3 is 2.27 bits per heavy atom. The molecule has 0 rings (SSSR count). The Morgan fingerprint density at radius 2 is 2.00 bits per heavy atom. The van der Waals surface area contributed by atoms with Crippen molar-refractivity contribution in [2.24, 2.45) is 0 Å². The summed E-state index contributed by atoms with van der Waals surface area (Å²) in [6, 6.07) is 0. The van der Waals surface area contributed by atoms with E-state index in [2.05, 4.69) is 36.4 Å². The smallest absolute Gasteiger partial charge is 0.0651 e. The molecule has 8 heteroatoms. The van der Waals surface area contributed by atoms with Crippen LogP contribution < -0.4 is 15.9 Å². The maximum Gasteiger partial charge on any atom is 0.0651 e. The molecule has 5 nitrogen and oxygen atoms in total. The van der Waals surface area contributed by atoms with Gasteiger partial charge in [0.1, 0.15) is 0 Å². The summed E-state index contributed by atoms with van der Waals surface area (Å²) in [6.45, 7) is -0.129. The number of hydrogen-bond acceptors (Lipinski definition) is 4. The fourth-order valence-corrected chi connectivity index (χ4v) is 1.10. The first kappa shape index (κ1) is 14.5. The molecule has 0 aromatic carbocycles. The van der Waals surface area contributed by atoms with E-state index in [0.29, 0.717) is 5.33 Å². The van der Waals surface area contributed by atoms with Crippen molar-refractivity contribution in [3.05, 3.63) is 0 Å². The summed E-state index contributed by atoms with van der Waals surface area (Å²) in [5, 5.41) is 0.535. The molecule has 0 spiro atoms. The normalized spacial score (nSPS) is 13.8. The van der Waals surface area contributed by atoms with Crippen molar-refractivity contribution < 1.29 is 18.9 Å². The van der Waals surface area contributed by atoms with E-state index < -0.39 is 7.82 Å². The highest BCUT2D eigenvalue weighted by Crippen LogP contribution is 2.25. The summed E-state index contributed by atoms with van der Waals surface area (Å²) in [5.41, 5.74) is 0. The third-order valence-electron chi connectivity index (χ3n) is 0.581. The van der Waals surface area contributed by atoms with Gasteiger partial charge in [0.05, 0.1) is 14.4 Å². The highest BCUT2D eigenvalue weighted by Gasteiger charge is 2.01. The first-order valence-electron chi connectivity index (χ1n) is 2.32. The van der Waals surface area contributed by atoms with Crippen LogP contribution in [0.3, 0.4) is 0 Å². The van der Waals surface area contributed by atoms with E-state index in [1.54, 1.807) is 0 Å². The average Bonchev–Trinajstić information content (AvgIpc) is 1.81. The van der Waals surface area contributed by atoms with Gasteiger partial charge in [-0.15, -0.1) is 0 Å². The van der Waals surface area contributed by atoms with Gasteiger partial charge in [-0.2, -0.15) is 0 Å². The van der Waals surface area contributed by atoms with Gasteiger partial charge in [0.15, 0.2) is 0 Å². The molecule has 0 aromatic rings. The van der Waals surface area contributed by atoms with Crippen LogP contribution >= 0.6 is 39.7 Å². The third-order valence-corrected chi connectivity index (χ3v) is 3.28. The summed E-state index contributed by atoms with van der Waals surface area (Å²) in [6.07, 6.45) is 0. The molecule has 0 aliphatic rings. The van der Waals surface area contributed by atoms with Gasteiger partial charge in [0.2, 0.25) is 0 Å². The number of phosphoric acid groups is 1. The third kappa shape index (κ3) is 11.0. The lowest BCUT2D eigenvalue weighted by atomic mass is 10.5. The zero-order valence-corrected chi connectivity index (χ0v) is 9.89. The van der Waals surface area contributed by atoms with Crippen LogP contribution in [0.1, 0.15) is 0 Å². The lowest BCUT2D eigenvalue weighted by Crippen LogP contribution is -2.20. The van der Waals surface area contributed by atoms with Crippen LogP contribution in [0.15, 0.2) is 0 Å². The van der Waals surface area contributed by atoms with E-state index in [0.717, 1.165) is 0 Å². The van der Waals surface area contributed by atoms with Crippen LogP contribution in [-0.4, -0.2) is 16.8 Å². The molecule has 0 aromatic heterocycles. The van der Waals surface area contributed by atoms with E-state index >= 15 is 0 Å². The molecule has 70 valence electrons. The van der Waals surface area contributed by atoms with Gasteiger partial charge in [-0.3, -0.25) is 0 Å². The summed E-state index contributed by atoms with van der Waals surface area (Å²) in [4.78, 5) is 19.6. The van der Waals surface area contributed by atoms with Crippen LogP contribution in [0, 0.1) is 0 Å². The monoisotopic (exact) mass is 312 g/mol. The van der Waals surface area contributed by atoms with Crippen molar-refractivity contribution in [3.8, 4) is 0 Å². The van der Waals surface area contributed by atoms with E-state index in [1.165, 1.54) is 0 Å². The largest absolute Gasteiger partial charge is 0.790 e. The Balaban J connectivity index is 0. The van der Waals surface area contributed by atoms with Crippen molar-refractivity contribution in [1.29, 1.82) is 0 Å². The Hall–Kier alpha value is 1.03. The van der Waals surface area contributed by atoms with Crippen LogP contribution in [0.2, 0.25) is 0 Å². The van der Waals surface area contributed by atoms with Crippen molar-refractivity contribution in [2.75, 3.05) is 11.9 Å².